The van der Waals surface area contributed by atoms with Crippen LogP contribution in [0.25, 0.3) is 0 Å². The summed E-state index contributed by atoms with van der Waals surface area (Å²) < 4.78 is 11.0. The summed E-state index contributed by atoms with van der Waals surface area (Å²) in [7, 11) is 0. The van der Waals surface area contributed by atoms with Crippen LogP contribution >= 0.6 is 0 Å². The molecular weight excluding hydrogens is 324 g/mol. The van der Waals surface area contributed by atoms with Crippen LogP contribution in [0.4, 0.5) is 0 Å². The first kappa shape index (κ1) is 17.6. The maximum Gasteiger partial charge on any atom is 0.334 e. The number of ether oxygens (including phenoxy) is 2. The second-order valence-electron chi connectivity index (χ2n) is 7.67. The first-order valence-corrected chi connectivity index (χ1v) is 8.21. The van der Waals surface area contributed by atoms with Crippen molar-refractivity contribution >= 4 is 17.7 Å². The number of carbonyl (C=O) groups is 3. The summed E-state index contributed by atoms with van der Waals surface area (Å²) in [5.74, 6) is -2.62. The molecule has 1 N–H and O–H groups in total. The number of esters is 2. The quantitative estimate of drug-likeness (QED) is 0.602. The lowest BCUT2D eigenvalue weighted by molar-refractivity contribution is -0.187. The van der Waals surface area contributed by atoms with E-state index in [0.29, 0.717) is 0 Å². The summed E-state index contributed by atoms with van der Waals surface area (Å²) in [4.78, 5) is 36.8. The fourth-order valence-corrected chi connectivity index (χ4v) is 4.48. The van der Waals surface area contributed by atoms with E-state index in [1.165, 1.54) is 19.1 Å². The Bertz CT molecular complexity index is 730. The average molecular weight is 346 g/mol. The van der Waals surface area contributed by atoms with Crippen molar-refractivity contribution in [2.24, 2.45) is 17.3 Å². The molecule has 6 atom stereocenters. The lowest BCUT2D eigenvalue weighted by Gasteiger charge is -2.53. The Morgan fingerprint density at radius 2 is 2.04 bits per heavy atom. The van der Waals surface area contributed by atoms with Crippen molar-refractivity contribution in [1.82, 2.24) is 0 Å². The Morgan fingerprint density at radius 3 is 2.64 bits per heavy atom. The molecule has 3 rings (SSSR count). The van der Waals surface area contributed by atoms with Crippen molar-refractivity contribution in [1.29, 1.82) is 0 Å². The molecule has 6 unspecified atom stereocenters. The van der Waals surface area contributed by atoms with Crippen molar-refractivity contribution in [3.63, 3.8) is 0 Å². The Hall–Kier alpha value is -2.21. The number of hydrogen-bond acceptors (Lipinski definition) is 6. The van der Waals surface area contributed by atoms with Crippen LogP contribution in [-0.4, -0.2) is 40.6 Å². The van der Waals surface area contributed by atoms with Gasteiger partial charge in [0, 0.05) is 22.5 Å². The van der Waals surface area contributed by atoms with Crippen LogP contribution in [0.2, 0.25) is 0 Å². The Kier molecular flexibility index (Phi) is 3.80. The highest BCUT2D eigenvalue weighted by Crippen LogP contribution is 2.56. The molecule has 25 heavy (non-hydrogen) atoms. The van der Waals surface area contributed by atoms with Gasteiger partial charge in [-0.05, 0) is 32.4 Å². The smallest absolute Gasteiger partial charge is 0.334 e. The van der Waals surface area contributed by atoms with Gasteiger partial charge in [-0.15, -0.1) is 0 Å². The van der Waals surface area contributed by atoms with Crippen molar-refractivity contribution in [3.8, 4) is 0 Å². The minimum absolute atomic E-state index is 0.173. The molecule has 0 aromatic rings. The first-order chi connectivity index (χ1) is 11.5. The molecule has 0 aromatic carbocycles. The summed E-state index contributed by atoms with van der Waals surface area (Å²) in [6.07, 6.45) is 1.42. The van der Waals surface area contributed by atoms with Gasteiger partial charge in [-0.2, -0.15) is 0 Å². The van der Waals surface area contributed by atoms with Gasteiger partial charge in [0.1, 0.15) is 12.2 Å². The predicted molar refractivity (Wildman–Crippen MR) is 88.2 cm³/mol. The molecule has 2 fully saturated rings. The highest BCUT2D eigenvalue weighted by molar-refractivity contribution is 5.97. The number of hydrogen-bond donors (Lipinski definition) is 1. The third-order valence-electron chi connectivity index (χ3n) is 5.67. The standard InChI is InChI=1S/C19H22O6/c1-9(2)16(21)24-11-8-18(4)12(20)6-7-19(5,23)15(18)14-13(11)10(3)17(22)25-14/h6-7,11,13-15,23H,1,3,8H2,2,4-5H3. The van der Waals surface area contributed by atoms with Crippen molar-refractivity contribution < 1.29 is 29.0 Å². The number of allylic oxidation sites excluding steroid dienone is 1. The lowest BCUT2D eigenvalue weighted by Crippen LogP contribution is -2.62. The van der Waals surface area contributed by atoms with Crippen molar-refractivity contribution in [2.75, 3.05) is 0 Å². The summed E-state index contributed by atoms with van der Waals surface area (Å²) in [5.41, 5.74) is -1.93. The van der Waals surface area contributed by atoms with Gasteiger partial charge in [-0.3, -0.25) is 4.79 Å². The van der Waals surface area contributed by atoms with Crippen LogP contribution in [0.15, 0.2) is 36.5 Å². The van der Waals surface area contributed by atoms with Gasteiger partial charge in [0.05, 0.1) is 11.5 Å². The van der Waals surface area contributed by atoms with E-state index >= 15 is 0 Å². The van der Waals surface area contributed by atoms with Gasteiger partial charge >= 0.3 is 11.9 Å². The van der Waals surface area contributed by atoms with Gasteiger partial charge < -0.3 is 14.6 Å². The molecular formula is C19H22O6. The molecule has 1 aliphatic heterocycles. The zero-order valence-electron chi connectivity index (χ0n) is 14.6. The Morgan fingerprint density at radius 1 is 1.40 bits per heavy atom. The van der Waals surface area contributed by atoms with E-state index in [2.05, 4.69) is 13.2 Å². The predicted octanol–water partition coefficient (Wildman–Crippen LogP) is 1.49. The molecule has 1 saturated heterocycles. The van der Waals surface area contributed by atoms with Gasteiger partial charge in [-0.25, -0.2) is 9.59 Å². The summed E-state index contributed by atoms with van der Waals surface area (Å²) in [5, 5.41) is 10.8. The van der Waals surface area contributed by atoms with E-state index in [1.54, 1.807) is 13.8 Å². The number of aliphatic hydroxyl groups is 1. The number of rotatable bonds is 2. The molecule has 6 nitrogen and oxygen atoms in total. The van der Waals surface area contributed by atoms with Gasteiger partial charge in [0.25, 0.3) is 0 Å². The molecule has 6 heteroatoms. The Labute approximate surface area is 146 Å². The number of fused-ring (bicyclic) bond motifs is 3. The van der Waals surface area contributed by atoms with Crippen LogP contribution in [0.3, 0.4) is 0 Å². The molecule has 134 valence electrons. The number of ketones is 1. The van der Waals surface area contributed by atoms with Crippen LogP contribution in [0.5, 0.6) is 0 Å². The van der Waals surface area contributed by atoms with E-state index in [0.717, 1.165) is 0 Å². The zero-order chi connectivity index (χ0) is 18.7. The van der Waals surface area contributed by atoms with Gasteiger partial charge in [-0.1, -0.05) is 20.1 Å². The van der Waals surface area contributed by atoms with Crippen LogP contribution in [0, 0.1) is 17.3 Å². The molecule has 1 heterocycles. The van der Waals surface area contributed by atoms with Gasteiger partial charge in [0.2, 0.25) is 0 Å². The maximum atomic E-state index is 12.6. The van der Waals surface area contributed by atoms with E-state index in [9.17, 15) is 19.5 Å². The third kappa shape index (κ3) is 2.47. The molecule has 0 amide bonds. The molecule has 2 aliphatic carbocycles. The largest absolute Gasteiger partial charge is 0.458 e. The fourth-order valence-electron chi connectivity index (χ4n) is 4.48. The highest BCUT2D eigenvalue weighted by Gasteiger charge is 2.65. The normalized spacial score (nSPS) is 42.5. The second-order valence-corrected chi connectivity index (χ2v) is 7.67. The second kappa shape index (κ2) is 5.39. The minimum atomic E-state index is -1.33. The van der Waals surface area contributed by atoms with Crippen molar-refractivity contribution in [2.45, 2.75) is 45.0 Å². The first-order valence-electron chi connectivity index (χ1n) is 8.21. The maximum absolute atomic E-state index is 12.6. The topological polar surface area (TPSA) is 89.9 Å². The Balaban J connectivity index is 2.08. The number of carbonyl (C=O) groups excluding carboxylic acids is 3. The SMILES string of the molecule is C=C(C)C(=O)OC1CC2(C)C(=O)C=CC(C)(O)C2C2OC(=O)C(=C)C12. The van der Waals surface area contributed by atoms with Crippen molar-refractivity contribution in [3.05, 3.63) is 36.5 Å². The zero-order valence-corrected chi connectivity index (χ0v) is 14.6. The summed E-state index contributed by atoms with van der Waals surface area (Å²) in [6, 6.07) is 0. The van der Waals surface area contributed by atoms with Crippen LogP contribution < -0.4 is 0 Å². The third-order valence-corrected chi connectivity index (χ3v) is 5.67. The molecule has 0 spiro atoms. The molecule has 0 radical (unpaired) electrons. The molecule has 1 saturated carbocycles. The monoisotopic (exact) mass is 346 g/mol. The van der Waals surface area contributed by atoms with Crippen LogP contribution in [0.1, 0.15) is 27.2 Å². The highest BCUT2D eigenvalue weighted by atomic mass is 16.6. The van der Waals surface area contributed by atoms with Gasteiger partial charge in [0.15, 0.2) is 5.78 Å². The van der Waals surface area contributed by atoms with E-state index in [4.69, 9.17) is 9.47 Å². The van der Waals surface area contributed by atoms with E-state index in [-0.39, 0.29) is 23.4 Å². The summed E-state index contributed by atoms with van der Waals surface area (Å²) >= 11 is 0. The van der Waals surface area contributed by atoms with Crippen LogP contribution in [-0.2, 0) is 23.9 Å². The molecule has 0 aromatic heterocycles. The summed E-state index contributed by atoms with van der Waals surface area (Å²) in [6.45, 7) is 12.2. The molecule has 3 aliphatic rings. The average Bonchev–Trinajstić information content (AvgIpc) is 2.78. The van der Waals surface area contributed by atoms with E-state index in [1.807, 2.05) is 0 Å². The fraction of sp³-hybridized carbons (Fsp3) is 0.526. The minimum Gasteiger partial charge on any atom is -0.458 e. The lowest BCUT2D eigenvalue weighted by atomic mass is 9.53. The molecule has 0 bridgehead atoms. The van der Waals surface area contributed by atoms with E-state index < -0.39 is 47.0 Å².